The van der Waals surface area contributed by atoms with Crippen molar-refractivity contribution < 1.29 is 14.7 Å². The maximum atomic E-state index is 12.2. The number of H-pyrrole nitrogens is 1. The predicted octanol–water partition coefficient (Wildman–Crippen LogP) is 1.12. The molecule has 0 bridgehead atoms. The molecule has 0 aliphatic carbocycles. The number of fused-ring (bicyclic) bond motifs is 1. The van der Waals surface area contributed by atoms with E-state index in [0.717, 1.165) is 11.8 Å². The Kier molecular flexibility index (Phi) is 6.66. The van der Waals surface area contributed by atoms with Crippen LogP contribution in [0.5, 0.6) is 0 Å². The molecular formula is C21H21N7O4S. The highest BCUT2D eigenvalue weighted by Gasteiger charge is 2.25. The number of nitrogens with zero attached hydrogens (tertiary/aromatic N) is 4. The zero-order valence-electron chi connectivity index (χ0n) is 17.7. The Morgan fingerprint density at radius 3 is 2.76 bits per heavy atom. The summed E-state index contributed by atoms with van der Waals surface area (Å²) in [5, 5.41) is 14.7. The number of hydrogen-bond donors (Lipinski definition) is 4. The van der Waals surface area contributed by atoms with Crippen LogP contribution >= 0.6 is 11.8 Å². The molecule has 1 fully saturated rings. The fraction of sp³-hybridized carbons (Fsp3) is 0.238. The Bertz CT molecular complexity index is 1310. The van der Waals surface area contributed by atoms with Crippen LogP contribution in [-0.4, -0.2) is 62.9 Å². The number of carbonyl (C=O) groups is 2. The van der Waals surface area contributed by atoms with Crippen LogP contribution in [-0.2, 0) is 11.2 Å². The van der Waals surface area contributed by atoms with Gasteiger partial charge < -0.3 is 20.3 Å². The largest absolute Gasteiger partial charge is 0.395 e. The number of hydrogen-bond acceptors (Lipinski definition) is 10. The topological polar surface area (TPSA) is 153 Å². The molecule has 3 heterocycles. The summed E-state index contributed by atoms with van der Waals surface area (Å²) < 4.78 is 0. The number of thioether (sulfide) groups is 1. The number of nitrogens with one attached hydrogen (secondary N) is 3. The number of para-hydroxylation sites is 1. The number of aliphatic hydroxyl groups is 1. The quantitative estimate of drug-likeness (QED) is 0.354. The number of benzene rings is 1. The van der Waals surface area contributed by atoms with Crippen LogP contribution < -0.4 is 21.1 Å². The molecule has 3 aromatic rings. The van der Waals surface area contributed by atoms with Crippen molar-refractivity contribution >= 4 is 51.7 Å². The molecule has 11 nitrogen and oxygen atoms in total. The lowest BCUT2D eigenvalue weighted by Crippen LogP contribution is -2.23. The number of rotatable bonds is 8. The van der Waals surface area contributed by atoms with Gasteiger partial charge in [0.25, 0.3) is 16.7 Å². The highest BCUT2D eigenvalue weighted by molar-refractivity contribution is 8.18. The second kappa shape index (κ2) is 9.79. The Labute approximate surface area is 192 Å². The maximum Gasteiger partial charge on any atom is 0.290 e. The first-order valence-corrected chi connectivity index (χ1v) is 10.9. The second-order valence-corrected chi connectivity index (χ2v) is 8.19. The van der Waals surface area contributed by atoms with E-state index in [4.69, 9.17) is 0 Å². The van der Waals surface area contributed by atoms with Crippen molar-refractivity contribution in [1.82, 2.24) is 25.3 Å². The van der Waals surface area contributed by atoms with Gasteiger partial charge in [-0.15, -0.1) is 0 Å². The van der Waals surface area contributed by atoms with Crippen molar-refractivity contribution in [1.29, 1.82) is 0 Å². The maximum absolute atomic E-state index is 12.2. The van der Waals surface area contributed by atoms with Crippen molar-refractivity contribution in [2.45, 2.75) is 6.42 Å². The summed E-state index contributed by atoms with van der Waals surface area (Å²) in [5.74, 6) is 0.872. The van der Waals surface area contributed by atoms with Crippen LogP contribution in [0.15, 0.2) is 40.0 Å². The first kappa shape index (κ1) is 22.4. The van der Waals surface area contributed by atoms with Gasteiger partial charge in [-0.25, -0.2) is 9.97 Å². The number of likely N-dealkylation sites (N-methyl/N-ethyl adjacent to an activating group) is 1. The van der Waals surface area contributed by atoms with Gasteiger partial charge in [-0.1, -0.05) is 12.1 Å². The summed E-state index contributed by atoms with van der Waals surface area (Å²) in [7, 11) is 1.77. The smallest absolute Gasteiger partial charge is 0.290 e. The normalized spacial score (nSPS) is 14.7. The van der Waals surface area contributed by atoms with Crippen molar-refractivity contribution in [3.05, 3.63) is 57.1 Å². The van der Waals surface area contributed by atoms with Gasteiger partial charge in [-0.05, 0) is 30.0 Å². The molecule has 33 heavy (non-hydrogen) atoms. The molecular weight excluding hydrogens is 446 g/mol. The fourth-order valence-electron chi connectivity index (χ4n) is 3.17. The Hall–Kier alpha value is -3.77. The van der Waals surface area contributed by atoms with Crippen LogP contribution in [0.2, 0.25) is 0 Å². The lowest BCUT2D eigenvalue weighted by Gasteiger charge is -2.18. The van der Waals surface area contributed by atoms with Gasteiger partial charge in [-0.3, -0.25) is 19.7 Å². The van der Waals surface area contributed by atoms with Crippen molar-refractivity contribution in [2.24, 2.45) is 0 Å². The molecule has 0 unspecified atom stereocenters. The Morgan fingerprint density at radius 2 is 2.00 bits per heavy atom. The molecule has 1 aliphatic heterocycles. The molecule has 12 heteroatoms. The number of aliphatic hydroxyl groups excluding tert-OH is 1. The minimum absolute atomic E-state index is 0.0621. The number of aromatic nitrogens is 4. The predicted molar refractivity (Wildman–Crippen MR) is 126 cm³/mol. The van der Waals surface area contributed by atoms with E-state index in [9.17, 15) is 19.5 Å². The number of imide groups is 1. The Morgan fingerprint density at radius 1 is 1.18 bits per heavy atom. The Balaban J connectivity index is 1.54. The van der Waals surface area contributed by atoms with Crippen molar-refractivity contribution in [3.63, 3.8) is 0 Å². The number of anilines is 2. The lowest BCUT2D eigenvalue weighted by molar-refractivity contribution is -0.115. The van der Waals surface area contributed by atoms with E-state index in [0.29, 0.717) is 53.7 Å². The zero-order valence-corrected chi connectivity index (χ0v) is 18.5. The summed E-state index contributed by atoms with van der Waals surface area (Å²) in [5.41, 5.74) is 0.850. The molecule has 0 spiro atoms. The van der Waals surface area contributed by atoms with Gasteiger partial charge in [-0.2, -0.15) is 4.98 Å². The standard InChI is InChI=1S/C21H21N7O4S/c1-28(8-9-29)17-11-12(10-15-19(31)27-21(32)33-15)23-20(26-17)22-7-6-16-24-14-5-3-2-4-13(14)18(30)25-16/h2-5,10-11,29H,6-9H2,1H3,(H,22,23,26)(H,24,25,30)(H,27,31,32)/b15-10+. The lowest BCUT2D eigenvalue weighted by atomic mass is 10.2. The number of amides is 2. The first-order chi connectivity index (χ1) is 15.9. The summed E-state index contributed by atoms with van der Waals surface area (Å²) >= 11 is 0.801. The fourth-order valence-corrected chi connectivity index (χ4v) is 3.83. The zero-order chi connectivity index (χ0) is 23.4. The molecule has 0 radical (unpaired) electrons. The molecule has 1 aromatic carbocycles. The molecule has 2 amide bonds. The monoisotopic (exact) mass is 467 g/mol. The molecule has 1 saturated heterocycles. The SMILES string of the molecule is CN(CCO)c1cc(/C=C2/SC(=O)NC2=O)nc(NCCc2nc3ccccc3c(=O)[nH]2)n1. The van der Waals surface area contributed by atoms with Crippen LogP contribution in [0.4, 0.5) is 16.6 Å². The van der Waals surface area contributed by atoms with Gasteiger partial charge >= 0.3 is 0 Å². The molecule has 170 valence electrons. The van der Waals surface area contributed by atoms with Gasteiger partial charge in [0.2, 0.25) is 5.95 Å². The summed E-state index contributed by atoms with van der Waals surface area (Å²) in [4.78, 5) is 53.7. The van der Waals surface area contributed by atoms with E-state index in [1.807, 2.05) is 6.07 Å². The highest BCUT2D eigenvalue weighted by Crippen LogP contribution is 2.26. The van der Waals surface area contributed by atoms with Crippen LogP contribution in [0.1, 0.15) is 11.5 Å². The van der Waals surface area contributed by atoms with Crippen LogP contribution in [0.3, 0.4) is 0 Å². The van der Waals surface area contributed by atoms with Crippen LogP contribution in [0.25, 0.3) is 17.0 Å². The van der Waals surface area contributed by atoms with E-state index < -0.39 is 11.1 Å². The van der Waals surface area contributed by atoms with Gasteiger partial charge in [0.05, 0.1) is 28.1 Å². The van der Waals surface area contributed by atoms with E-state index >= 15 is 0 Å². The minimum Gasteiger partial charge on any atom is -0.395 e. The minimum atomic E-state index is -0.477. The molecule has 4 rings (SSSR count). The summed E-state index contributed by atoms with van der Waals surface area (Å²) in [6.45, 7) is 0.675. The van der Waals surface area contributed by atoms with E-state index in [1.54, 1.807) is 36.2 Å². The van der Waals surface area contributed by atoms with Gasteiger partial charge in [0.1, 0.15) is 11.6 Å². The summed E-state index contributed by atoms with van der Waals surface area (Å²) in [6.07, 6.45) is 1.93. The van der Waals surface area contributed by atoms with Gasteiger partial charge in [0.15, 0.2) is 0 Å². The van der Waals surface area contributed by atoms with E-state index in [2.05, 4.69) is 30.6 Å². The van der Waals surface area contributed by atoms with Crippen molar-refractivity contribution in [2.75, 3.05) is 37.0 Å². The first-order valence-electron chi connectivity index (χ1n) is 10.1. The second-order valence-electron chi connectivity index (χ2n) is 7.18. The number of aromatic amines is 1. The number of carbonyl (C=O) groups excluding carboxylic acids is 2. The molecule has 4 N–H and O–H groups in total. The molecule has 1 aliphatic rings. The molecule has 2 aromatic heterocycles. The van der Waals surface area contributed by atoms with E-state index in [1.165, 1.54) is 6.08 Å². The molecule has 0 saturated carbocycles. The third-order valence-corrected chi connectivity index (χ3v) is 5.60. The third-order valence-electron chi connectivity index (χ3n) is 4.79. The average Bonchev–Trinajstić information content (AvgIpc) is 3.10. The summed E-state index contributed by atoms with van der Waals surface area (Å²) in [6, 6.07) is 8.78. The third kappa shape index (κ3) is 5.35. The van der Waals surface area contributed by atoms with Crippen molar-refractivity contribution in [3.8, 4) is 0 Å². The average molecular weight is 468 g/mol. The van der Waals surface area contributed by atoms with Gasteiger partial charge in [0, 0.05) is 32.6 Å². The highest BCUT2D eigenvalue weighted by atomic mass is 32.2. The van der Waals surface area contributed by atoms with Crippen LogP contribution in [0, 0.1) is 0 Å². The van der Waals surface area contributed by atoms with E-state index in [-0.39, 0.29) is 17.1 Å². The molecule has 0 atom stereocenters.